The molecule has 8 rings (SSSR count). The summed E-state index contributed by atoms with van der Waals surface area (Å²) in [6.45, 7) is 1.81. The van der Waals surface area contributed by atoms with Crippen LogP contribution in [0.15, 0.2) is 36.4 Å². The average Bonchev–Trinajstić information content (AvgIpc) is 4.13. The predicted octanol–water partition coefficient (Wildman–Crippen LogP) is 4.73. The number of H-pyrrole nitrogens is 1. The van der Waals surface area contributed by atoms with Crippen LogP contribution in [0.1, 0.15) is 57.9 Å². The molecule has 4 amide bonds. The molecule has 62 heavy (non-hydrogen) atoms. The molecule has 0 radical (unpaired) electrons. The molecule has 336 valence electrons. The predicted molar refractivity (Wildman–Crippen MR) is 219 cm³/mol. The molecule has 19 heteroatoms. The van der Waals surface area contributed by atoms with Crippen molar-refractivity contribution in [3.8, 4) is 11.5 Å². The number of nitrogens with zero attached hydrogens (tertiary/aromatic N) is 4. The van der Waals surface area contributed by atoms with Crippen molar-refractivity contribution < 1.29 is 45.5 Å². The highest BCUT2D eigenvalue weighted by atomic mass is 19.3. The minimum atomic E-state index is -3.29. The third kappa shape index (κ3) is 9.57. The zero-order valence-corrected chi connectivity index (χ0v) is 35.1. The second-order valence-electron chi connectivity index (χ2n) is 16.7. The zero-order valence-electron chi connectivity index (χ0n) is 35.1. The number of imidazole rings is 1. The Morgan fingerprint density at radius 1 is 0.774 bits per heavy atom. The number of hydrogen-bond acceptors (Lipinski definition) is 7. The monoisotopic (exact) mass is 873 g/mol. The van der Waals surface area contributed by atoms with E-state index in [0.29, 0.717) is 42.1 Å². The summed E-state index contributed by atoms with van der Waals surface area (Å²) in [5.41, 5.74) is 1.28. The molecule has 13 nitrogen and oxygen atoms in total. The Balaban J connectivity index is 0.00000285. The highest BCUT2D eigenvalue weighted by molar-refractivity contribution is 5.93. The van der Waals surface area contributed by atoms with Crippen LogP contribution in [0.4, 0.5) is 26.3 Å². The van der Waals surface area contributed by atoms with Gasteiger partial charge in [0.05, 0.1) is 48.9 Å². The molecule has 4 heterocycles. The highest BCUT2D eigenvalue weighted by Gasteiger charge is 2.52. The second kappa shape index (κ2) is 17.9. The van der Waals surface area contributed by atoms with E-state index in [1.807, 2.05) is 13.8 Å². The number of alkyl halides is 4. The van der Waals surface area contributed by atoms with Gasteiger partial charge in [-0.2, -0.15) is 0 Å². The minimum absolute atomic E-state index is 0.0744. The molecule has 2 aliphatic heterocycles. The molecule has 0 bridgehead atoms. The first-order valence-corrected chi connectivity index (χ1v) is 21.3. The van der Waals surface area contributed by atoms with Gasteiger partial charge in [-0.05, 0) is 93.9 Å². The Morgan fingerprint density at radius 2 is 1.29 bits per heavy atom. The van der Waals surface area contributed by atoms with Crippen molar-refractivity contribution >= 4 is 45.6 Å². The Kier molecular flexibility index (Phi) is 13.0. The van der Waals surface area contributed by atoms with Crippen molar-refractivity contribution in [3.05, 3.63) is 53.6 Å². The van der Waals surface area contributed by atoms with Crippen molar-refractivity contribution in [2.75, 3.05) is 40.3 Å². The topological polar surface area (TPSA) is 156 Å². The number of likely N-dealkylation sites (tertiary alicyclic amines) is 2. The zero-order chi connectivity index (χ0) is 44.7. The quantitative estimate of drug-likeness (QED) is 0.108. The lowest BCUT2D eigenvalue weighted by atomic mass is 9.99. The third-order valence-electron chi connectivity index (χ3n) is 12.0. The molecular formula is C43H53F6N9O4. The Hall–Kier alpha value is -5.17. The molecule has 4 atom stereocenters. The van der Waals surface area contributed by atoms with Gasteiger partial charge in [0.1, 0.15) is 23.7 Å². The van der Waals surface area contributed by atoms with Gasteiger partial charge < -0.3 is 40.6 Å². The van der Waals surface area contributed by atoms with Crippen LogP contribution >= 0.6 is 0 Å². The van der Waals surface area contributed by atoms with Gasteiger partial charge in [-0.15, -0.1) is 0 Å². The van der Waals surface area contributed by atoms with E-state index in [1.54, 1.807) is 18.7 Å². The lowest BCUT2D eigenvalue weighted by Crippen LogP contribution is -2.53. The number of halogens is 6. The smallest absolute Gasteiger partial charge is 0.267 e. The molecule has 4 unspecified atom stereocenters. The van der Waals surface area contributed by atoms with E-state index in [0.717, 1.165) is 15.9 Å². The number of hydrogen-bond donors (Lipinski definition) is 5. The van der Waals surface area contributed by atoms with Crippen LogP contribution in [0.2, 0.25) is 0 Å². The summed E-state index contributed by atoms with van der Waals surface area (Å²) in [4.78, 5) is 63.4. The number of carbonyl (C=O) groups excluding carboxylic acids is 4. The lowest BCUT2D eigenvalue weighted by molar-refractivity contribution is -0.138. The SMILES string of the molecule is CC.CNCC(=O)NC(C(=O)N1CC(F)(F)CC1Cc1c(-c2nc3cc(F)ccc3n2CC2CC(F)(F)CN2C(=O)C(NC(=O)CNC)C2CC2)[nH]c2cc(F)ccc12)C1CC1. The summed E-state index contributed by atoms with van der Waals surface area (Å²) in [7, 11) is 3.13. The molecular weight excluding hydrogens is 821 g/mol. The fourth-order valence-corrected chi connectivity index (χ4v) is 8.96. The van der Waals surface area contributed by atoms with Crippen LogP contribution in [0.3, 0.4) is 0 Å². The second-order valence-corrected chi connectivity index (χ2v) is 16.7. The van der Waals surface area contributed by atoms with Gasteiger partial charge in [0.15, 0.2) is 5.82 Å². The summed E-state index contributed by atoms with van der Waals surface area (Å²) in [5, 5.41) is 11.3. The molecule has 2 aliphatic carbocycles. The Bertz CT molecular complexity index is 2170. The summed E-state index contributed by atoms with van der Waals surface area (Å²) >= 11 is 0. The number of nitrogens with one attached hydrogen (secondary N) is 5. The van der Waals surface area contributed by atoms with Gasteiger partial charge in [-0.25, -0.2) is 31.3 Å². The van der Waals surface area contributed by atoms with E-state index in [4.69, 9.17) is 4.98 Å². The maximum Gasteiger partial charge on any atom is 0.267 e. The standard InChI is InChI=1S/C41H47F6N9O4.C2H6/c1-48-16-32(57)52-34(21-3-4-21)38(59)55-19-40(44,45)14-25(55)13-28-27-9-7-23(42)11-29(27)50-36(28)37-51-30-12-24(43)8-10-31(30)54(37)18-26-15-41(46,47)20-56(26)39(60)35(22-5-6-22)53-33(58)17-49-2;1-2/h7-12,21-22,25-26,34-35,48-50H,3-6,13-20H2,1-2H3,(H,52,57)(H,53,58);1-2H3. The van der Waals surface area contributed by atoms with Crippen molar-refractivity contribution in [2.24, 2.45) is 11.8 Å². The molecule has 2 aromatic carbocycles. The molecule has 0 spiro atoms. The molecule has 2 aromatic heterocycles. The Morgan fingerprint density at radius 3 is 1.84 bits per heavy atom. The average molecular weight is 874 g/mol. The van der Waals surface area contributed by atoms with Crippen LogP contribution in [-0.4, -0.2) is 124 Å². The fourth-order valence-electron chi connectivity index (χ4n) is 8.96. The fraction of sp³-hybridized carbons (Fsp3) is 0.558. The molecule has 4 aliphatic rings. The van der Waals surface area contributed by atoms with E-state index in [-0.39, 0.29) is 60.4 Å². The normalized spacial score (nSPS) is 21.5. The van der Waals surface area contributed by atoms with Crippen LogP contribution in [-0.2, 0) is 32.1 Å². The largest absolute Gasteiger partial charge is 0.352 e. The number of amides is 4. The van der Waals surface area contributed by atoms with Gasteiger partial charge in [-0.1, -0.05) is 13.8 Å². The van der Waals surface area contributed by atoms with Gasteiger partial charge in [0.25, 0.3) is 11.8 Å². The molecule has 2 saturated carbocycles. The molecule has 4 fully saturated rings. The number of likely N-dealkylation sites (N-methyl/N-ethyl adjacent to an activating group) is 2. The van der Waals surface area contributed by atoms with Gasteiger partial charge >= 0.3 is 0 Å². The first kappa shape index (κ1) is 44.9. The highest BCUT2D eigenvalue weighted by Crippen LogP contribution is 2.42. The summed E-state index contributed by atoms with van der Waals surface area (Å²) in [6.07, 6.45) is 0.940. The first-order valence-electron chi connectivity index (χ1n) is 21.3. The van der Waals surface area contributed by atoms with Gasteiger partial charge in [-0.3, -0.25) is 19.2 Å². The summed E-state index contributed by atoms with van der Waals surface area (Å²) in [5.74, 6) is -10.4. The molecule has 2 saturated heterocycles. The van der Waals surface area contributed by atoms with E-state index >= 15 is 17.6 Å². The maximum absolute atomic E-state index is 15.4. The van der Waals surface area contributed by atoms with E-state index in [9.17, 15) is 28.0 Å². The van der Waals surface area contributed by atoms with Crippen molar-refractivity contribution in [1.82, 2.24) is 45.6 Å². The van der Waals surface area contributed by atoms with Crippen LogP contribution in [0.5, 0.6) is 0 Å². The minimum Gasteiger partial charge on any atom is -0.352 e. The van der Waals surface area contributed by atoms with Crippen molar-refractivity contribution in [2.45, 2.75) is 101 Å². The Labute approximate surface area is 354 Å². The van der Waals surface area contributed by atoms with Crippen LogP contribution < -0.4 is 21.3 Å². The lowest BCUT2D eigenvalue weighted by Gasteiger charge is -2.30. The molecule has 5 N–H and O–H groups in total. The van der Waals surface area contributed by atoms with Crippen molar-refractivity contribution in [1.29, 1.82) is 0 Å². The number of aromatic amines is 1. The number of carbonyl (C=O) groups is 4. The maximum atomic E-state index is 15.4. The number of aromatic nitrogens is 3. The third-order valence-corrected chi connectivity index (χ3v) is 12.0. The number of benzene rings is 2. The van der Waals surface area contributed by atoms with E-state index in [2.05, 4.69) is 26.3 Å². The van der Waals surface area contributed by atoms with Gasteiger partial charge in [0, 0.05) is 42.4 Å². The summed E-state index contributed by atoms with van der Waals surface area (Å²) in [6, 6.07) is 3.38. The molecule has 4 aromatic rings. The van der Waals surface area contributed by atoms with Crippen molar-refractivity contribution in [3.63, 3.8) is 0 Å². The number of fused-ring (bicyclic) bond motifs is 2. The number of rotatable bonds is 15. The van der Waals surface area contributed by atoms with Crippen LogP contribution in [0, 0.1) is 23.5 Å². The van der Waals surface area contributed by atoms with Gasteiger partial charge in [0.2, 0.25) is 23.6 Å². The first-order chi connectivity index (χ1) is 29.5. The van der Waals surface area contributed by atoms with E-state index in [1.165, 1.54) is 30.3 Å². The van der Waals surface area contributed by atoms with E-state index < -0.39 is 97.2 Å². The summed E-state index contributed by atoms with van der Waals surface area (Å²) < 4.78 is 92.8. The van der Waals surface area contributed by atoms with Crippen LogP contribution in [0.25, 0.3) is 33.5 Å².